The first kappa shape index (κ1) is 15.2. The smallest absolute Gasteiger partial charge is 0.229 e. The van der Waals surface area contributed by atoms with Gasteiger partial charge in [-0.1, -0.05) is 52.3 Å². The largest absolute Gasteiger partial charge is 0.290 e. The van der Waals surface area contributed by atoms with Gasteiger partial charge in [-0.25, -0.2) is 0 Å². The molecule has 2 nitrogen and oxygen atoms in total. The average molecular weight is 357 g/mol. The number of hydrogen-bond donors (Lipinski definition) is 0. The van der Waals surface area contributed by atoms with Gasteiger partial charge in [0.15, 0.2) is 0 Å². The van der Waals surface area contributed by atoms with E-state index >= 15 is 0 Å². The van der Waals surface area contributed by atoms with Gasteiger partial charge in [-0.3, -0.25) is 9.59 Å². The standard InChI is InChI=1S/C19H17BrO2/c20-16-11-10-14-8-9-15(18(21)19(22)17(14)12-16)7-6-13-4-2-1-3-5-13/h1-5,10-12,15H,6-9H2. The highest BCUT2D eigenvalue weighted by atomic mass is 79.9. The fraction of sp³-hybridized carbons (Fsp3) is 0.263. The molecule has 0 saturated carbocycles. The monoisotopic (exact) mass is 356 g/mol. The zero-order valence-corrected chi connectivity index (χ0v) is 13.8. The number of ketones is 2. The normalized spacial score (nSPS) is 18.0. The summed E-state index contributed by atoms with van der Waals surface area (Å²) in [6, 6.07) is 15.8. The number of halogens is 1. The van der Waals surface area contributed by atoms with Crippen LogP contribution in [-0.4, -0.2) is 11.6 Å². The Morgan fingerprint density at radius 3 is 2.59 bits per heavy atom. The fourth-order valence-electron chi connectivity index (χ4n) is 3.02. The highest BCUT2D eigenvalue weighted by Crippen LogP contribution is 2.27. The van der Waals surface area contributed by atoms with Crippen LogP contribution >= 0.6 is 15.9 Å². The van der Waals surface area contributed by atoms with E-state index in [2.05, 4.69) is 28.1 Å². The maximum absolute atomic E-state index is 12.5. The molecular formula is C19H17BrO2. The van der Waals surface area contributed by atoms with Crippen LogP contribution in [0.2, 0.25) is 0 Å². The Morgan fingerprint density at radius 1 is 1.05 bits per heavy atom. The number of carbonyl (C=O) groups is 2. The molecule has 0 radical (unpaired) electrons. The highest BCUT2D eigenvalue weighted by Gasteiger charge is 2.30. The summed E-state index contributed by atoms with van der Waals surface area (Å²) in [6.07, 6.45) is 3.12. The lowest BCUT2D eigenvalue weighted by molar-refractivity contribution is -0.118. The Kier molecular flexibility index (Phi) is 4.53. The molecular weight excluding hydrogens is 340 g/mol. The Morgan fingerprint density at radius 2 is 1.82 bits per heavy atom. The van der Waals surface area contributed by atoms with Crippen molar-refractivity contribution in [1.82, 2.24) is 0 Å². The minimum Gasteiger partial charge on any atom is -0.290 e. The van der Waals surface area contributed by atoms with E-state index in [1.54, 1.807) is 6.07 Å². The number of benzene rings is 2. The SMILES string of the molecule is O=C1C(=O)C(CCc2ccccc2)CCc2ccc(Br)cc21. The average Bonchev–Trinajstić information content (AvgIpc) is 2.65. The van der Waals surface area contributed by atoms with Crippen LogP contribution in [0.4, 0.5) is 0 Å². The van der Waals surface area contributed by atoms with Crippen LogP contribution in [0.1, 0.15) is 34.3 Å². The third-order valence-electron chi connectivity index (χ3n) is 4.30. The maximum Gasteiger partial charge on any atom is 0.229 e. The fourth-order valence-corrected chi connectivity index (χ4v) is 3.38. The van der Waals surface area contributed by atoms with Gasteiger partial charge >= 0.3 is 0 Å². The summed E-state index contributed by atoms with van der Waals surface area (Å²) >= 11 is 3.38. The van der Waals surface area contributed by atoms with Crippen molar-refractivity contribution in [1.29, 1.82) is 0 Å². The van der Waals surface area contributed by atoms with Gasteiger partial charge in [0.1, 0.15) is 0 Å². The quantitative estimate of drug-likeness (QED) is 0.603. The van der Waals surface area contributed by atoms with Crippen LogP contribution < -0.4 is 0 Å². The van der Waals surface area contributed by atoms with Gasteiger partial charge < -0.3 is 0 Å². The van der Waals surface area contributed by atoms with Crippen LogP contribution in [0.25, 0.3) is 0 Å². The summed E-state index contributed by atoms with van der Waals surface area (Å²) in [5.41, 5.74) is 2.78. The minimum absolute atomic E-state index is 0.168. The number of aryl methyl sites for hydroxylation is 2. The third-order valence-corrected chi connectivity index (χ3v) is 4.79. The highest BCUT2D eigenvalue weighted by molar-refractivity contribution is 9.10. The number of hydrogen-bond acceptors (Lipinski definition) is 2. The van der Waals surface area contributed by atoms with Crippen LogP contribution in [0.3, 0.4) is 0 Å². The summed E-state index contributed by atoms with van der Waals surface area (Å²) in [7, 11) is 0. The number of fused-ring (bicyclic) bond motifs is 1. The first-order valence-corrected chi connectivity index (χ1v) is 8.35. The van der Waals surface area contributed by atoms with E-state index < -0.39 is 0 Å². The molecule has 3 heteroatoms. The summed E-state index contributed by atoms with van der Waals surface area (Å²) < 4.78 is 0.843. The summed E-state index contributed by atoms with van der Waals surface area (Å²) in [5, 5.41) is 0. The summed E-state index contributed by atoms with van der Waals surface area (Å²) in [6.45, 7) is 0. The lowest BCUT2D eigenvalue weighted by atomic mass is 9.91. The van der Waals surface area contributed by atoms with Gasteiger partial charge in [0.05, 0.1) is 0 Å². The first-order valence-electron chi connectivity index (χ1n) is 7.56. The van der Waals surface area contributed by atoms with Crippen LogP contribution in [0, 0.1) is 5.92 Å². The molecule has 0 fully saturated rings. The molecule has 0 N–H and O–H groups in total. The third kappa shape index (κ3) is 3.20. The van der Waals surface area contributed by atoms with E-state index in [0.29, 0.717) is 5.56 Å². The number of rotatable bonds is 3. The predicted molar refractivity (Wildman–Crippen MR) is 90.1 cm³/mol. The second-order valence-corrected chi connectivity index (χ2v) is 6.67. The van der Waals surface area contributed by atoms with Crippen LogP contribution in [0.5, 0.6) is 0 Å². The Bertz CT molecular complexity index is 707. The van der Waals surface area contributed by atoms with E-state index in [4.69, 9.17) is 0 Å². The molecule has 0 aromatic heterocycles. The maximum atomic E-state index is 12.5. The Labute approximate surface area is 138 Å². The second kappa shape index (κ2) is 6.57. The van der Waals surface area contributed by atoms with Gasteiger partial charge in [0.2, 0.25) is 11.6 Å². The molecule has 112 valence electrons. The van der Waals surface area contributed by atoms with Crippen molar-refractivity contribution in [2.24, 2.45) is 5.92 Å². The van der Waals surface area contributed by atoms with Gasteiger partial charge in [0, 0.05) is 16.0 Å². The van der Waals surface area contributed by atoms with Crippen molar-refractivity contribution in [3.8, 4) is 0 Å². The Balaban J connectivity index is 1.76. The molecule has 22 heavy (non-hydrogen) atoms. The van der Waals surface area contributed by atoms with Crippen molar-refractivity contribution in [3.05, 3.63) is 69.7 Å². The van der Waals surface area contributed by atoms with Crippen molar-refractivity contribution >= 4 is 27.5 Å². The molecule has 3 rings (SSSR count). The van der Waals surface area contributed by atoms with Crippen molar-refractivity contribution in [2.45, 2.75) is 25.7 Å². The zero-order chi connectivity index (χ0) is 15.5. The van der Waals surface area contributed by atoms with Gasteiger partial charge in [-0.2, -0.15) is 0 Å². The summed E-state index contributed by atoms with van der Waals surface area (Å²) in [5.74, 6) is -0.724. The topological polar surface area (TPSA) is 34.1 Å². The lowest BCUT2D eigenvalue weighted by Gasteiger charge is -2.11. The minimum atomic E-state index is -0.327. The first-order chi connectivity index (χ1) is 10.6. The zero-order valence-electron chi connectivity index (χ0n) is 12.2. The molecule has 1 unspecified atom stereocenters. The van der Waals surface area contributed by atoms with Crippen molar-refractivity contribution < 1.29 is 9.59 Å². The van der Waals surface area contributed by atoms with E-state index in [1.807, 2.05) is 30.3 Å². The van der Waals surface area contributed by atoms with E-state index in [9.17, 15) is 9.59 Å². The molecule has 0 saturated heterocycles. The van der Waals surface area contributed by atoms with Gasteiger partial charge in [-0.15, -0.1) is 0 Å². The van der Waals surface area contributed by atoms with Crippen LogP contribution in [-0.2, 0) is 17.6 Å². The molecule has 0 bridgehead atoms. The number of Topliss-reactive ketones (excluding diaryl/α,β-unsaturated/α-hetero) is 2. The van der Waals surface area contributed by atoms with Crippen LogP contribution in [0.15, 0.2) is 53.0 Å². The van der Waals surface area contributed by atoms with E-state index in [0.717, 1.165) is 35.7 Å². The summed E-state index contributed by atoms with van der Waals surface area (Å²) in [4.78, 5) is 24.9. The molecule has 0 spiro atoms. The molecule has 0 aliphatic heterocycles. The van der Waals surface area contributed by atoms with Crippen molar-refractivity contribution in [2.75, 3.05) is 0 Å². The van der Waals surface area contributed by atoms with Crippen molar-refractivity contribution in [3.63, 3.8) is 0 Å². The molecule has 2 aromatic rings. The van der Waals surface area contributed by atoms with Gasteiger partial charge in [0.25, 0.3) is 0 Å². The number of carbonyl (C=O) groups excluding carboxylic acids is 2. The van der Waals surface area contributed by atoms with Gasteiger partial charge in [-0.05, 0) is 48.9 Å². The lowest BCUT2D eigenvalue weighted by Crippen LogP contribution is -2.22. The predicted octanol–water partition coefficient (Wildman–Crippen LogP) is 4.40. The molecule has 2 aromatic carbocycles. The molecule has 1 aliphatic carbocycles. The molecule has 1 aliphatic rings. The Hall–Kier alpha value is -1.74. The second-order valence-electron chi connectivity index (χ2n) is 5.75. The van der Waals surface area contributed by atoms with E-state index in [1.165, 1.54) is 5.56 Å². The molecule has 1 atom stereocenters. The molecule has 0 heterocycles. The molecule has 0 amide bonds. The van der Waals surface area contributed by atoms with E-state index in [-0.39, 0.29) is 17.5 Å².